The summed E-state index contributed by atoms with van der Waals surface area (Å²) in [5.41, 5.74) is 4.89. The number of halogens is 1. The van der Waals surface area contributed by atoms with Gasteiger partial charge in [0.15, 0.2) is 0 Å². The molecule has 2 aromatic carbocycles. The zero-order valence-corrected chi connectivity index (χ0v) is 15.3. The highest BCUT2D eigenvalue weighted by atomic mass is 35.5. The molecule has 0 saturated carbocycles. The van der Waals surface area contributed by atoms with E-state index in [1.54, 1.807) is 11.1 Å². The quantitative estimate of drug-likeness (QED) is 0.626. The molecule has 1 fully saturated rings. The third-order valence-electron chi connectivity index (χ3n) is 4.27. The van der Waals surface area contributed by atoms with E-state index in [0.717, 1.165) is 21.1 Å². The number of alkyl halides is 1. The maximum Gasteiger partial charge on any atom is 0.257 e. The molecule has 2 aliphatic heterocycles. The normalized spacial score (nSPS) is 22.0. The summed E-state index contributed by atoms with van der Waals surface area (Å²) in [6.45, 7) is 0.366. The Kier molecular flexibility index (Phi) is 4.72. The summed E-state index contributed by atoms with van der Waals surface area (Å²) in [6.07, 6.45) is 1.55. The minimum absolute atomic E-state index is 0.162. The molecule has 0 bridgehead atoms. The molecule has 2 amide bonds. The number of amides is 2. The predicted octanol–water partition coefficient (Wildman–Crippen LogP) is 3.31. The number of β-lactam (4-membered cyclic amide) rings is 1. The van der Waals surface area contributed by atoms with Gasteiger partial charge in [-0.1, -0.05) is 54.2 Å². The number of carbonyl (C=O) groups excluding carboxylic acids is 2. The van der Waals surface area contributed by atoms with Crippen LogP contribution in [0.25, 0.3) is 0 Å². The lowest BCUT2D eigenvalue weighted by atomic mass is 9.95. The number of para-hydroxylation sites is 1. The minimum atomic E-state index is -0.579. The van der Waals surface area contributed by atoms with Crippen molar-refractivity contribution in [3.63, 3.8) is 0 Å². The van der Waals surface area contributed by atoms with E-state index in [1.165, 1.54) is 11.8 Å². The van der Waals surface area contributed by atoms with Crippen LogP contribution < -0.4 is 10.7 Å². The van der Waals surface area contributed by atoms with E-state index in [1.807, 2.05) is 54.6 Å². The standard InChI is InChI=1S/C19H16ClN3O2S/c20-17-18(12-6-2-1-3-7-12)23(19(17)25)21-11-13-10-16(24)22-14-8-4-5-9-15(14)26-13/h1-10,17-18,21H,11H2,(H,22,24). The average Bonchev–Trinajstić information content (AvgIpc) is 2.82. The number of rotatable bonds is 4. The van der Waals surface area contributed by atoms with Gasteiger partial charge in [0.05, 0.1) is 11.7 Å². The minimum Gasteiger partial charge on any atom is -0.321 e. The van der Waals surface area contributed by atoms with Gasteiger partial charge in [-0.2, -0.15) is 0 Å². The number of hydrogen-bond acceptors (Lipinski definition) is 4. The van der Waals surface area contributed by atoms with Crippen LogP contribution in [0.5, 0.6) is 0 Å². The Labute approximate surface area is 160 Å². The van der Waals surface area contributed by atoms with Crippen molar-refractivity contribution in [2.24, 2.45) is 0 Å². The molecule has 1 saturated heterocycles. The fourth-order valence-electron chi connectivity index (χ4n) is 2.99. The van der Waals surface area contributed by atoms with E-state index in [0.29, 0.717) is 6.54 Å². The zero-order chi connectivity index (χ0) is 18.1. The van der Waals surface area contributed by atoms with Crippen LogP contribution in [0.4, 0.5) is 5.69 Å². The van der Waals surface area contributed by atoms with Crippen LogP contribution in [0.2, 0.25) is 0 Å². The van der Waals surface area contributed by atoms with Crippen molar-refractivity contribution in [2.75, 3.05) is 11.9 Å². The number of nitrogens with zero attached hydrogens (tertiary/aromatic N) is 1. The smallest absolute Gasteiger partial charge is 0.257 e. The third kappa shape index (κ3) is 3.23. The first-order valence-electron chi connectivity index (χ1n) is 8.17. The number of nitrogens with one attached hydrogen (secondary N) is 2. The lowest BCUT2D eigenvalue weighted by molar-refractivity contribution is -0.150. The fraction of sp³-hybridized carbons (Fsp3) is 0.158. The van der Waals surface area contributed by atoms with Gasteiger partial charge in [0.25, 0.3) is 5.91 Å². The summed E-state index contributed by atoms with van der Waals surface area (Å²) in [4.78, 5) is 26.0. The lowest BCUT2D eigenvalue weighted by Crippen LogP contribution is -2.62. The van der Waals surface area contributed by atoms with Crippen molar-refractivity contribution >= 4 is 40.9 Å². The number of carbonyl (C=O) groups is 2. The van der Waals surface area contributed by atoms with Gasteiger partial charge in [0.2, 0.25) is 5.91 Å². The van der Waals surface area contributed by atoms with Crippen LogP contribution >= 0.6 is 23.4 Å². The summed E-state index contributed by atoms with van der Waals surface area (Å²) >= 11 is 7.72. The maximum atomic E-state index is 12.2. The second-order valence-electron chi connectivity index (χ2n) is 6.00. The van der Waals surface area contributed by atoms with E-state index in [9.17, 15) is 9.59 Å². The third-order valence-corrected chi connectivity index (χ3v) is 5.80. The van der Waals surface area contributed by atoms with Crippen LogP contribution in [-0.2, 0) is 9.59 Å². The monoisotopic (exact) mass is 385 g/mol. The Hall–Kier alpha value is -2.28. The molecule has 0 spiro atoms. The van der Waals surface area contributed by atoms with E-state index in [-0.39, 0.29) is 17.9 Å². The number of fused-ring (bicyclic) bond motifs is 1. The second-order valence-corrected chi connectivity index (χ2v) is 7.64. The summed E-state index contributed by atoms with van der Waals surface area (Å²) in [6, 6.07) is 17.1. The maximum absolute atomic E-state index is 12.2. The van der Waals surface area contributed by atoms with Crippen molar-refractivity contribution < 1.29 is 9.59 Å². The molecule has 0 radical (unpaired) electrons. The van der Waals surface area contributed by atoms with Gasteiger partial charge in [-0.3, -0.25) is 14.6 Å². The molecule has 0 aliphatic carbocycles. The van der Waals surface area contributed by atoms with E-state index in [2.05, 4.69) is 10.7 Å². The molecule has 4 rings (SSSR count). The Balaban J connectivity index is 1.48. The molecule has 7 heteroatoms. The first kappa shape index (κ1) is 17.1. The largest absolute Gasteiger partial charge is 0.321 e. The van der Waals surface area contributed by atoms with E-state index < -0.39 is 5.38 Å². The van der Waals surface area contributed by atoms with Gasteiger partial charge in [0.1, 0.15) is 5.38 Å². The van der Waals surface area contributed by atoms with Crippen molar-refractivity contribution in [3.8, 4) is 0 Å². The lowest BCUT2D eigenvalue weighted by Gasteiger charge is -2.44. The summed E-state index contributed by atoms with van der Waals surface area (Å²) in [7, 11) is 0. The first-order chi connectivity index (χ1) is 12.6. The van der Waals surface area contributed by atoms with Crippen molar-refractivity contribution in [2.45, 2.75) is 16.3 Å². The number of hydrazine groups is 1. The average molecular weight is 386 g/mol. The predicted molar refractivity (Wildman–Crippen MR) is 103 cm³/mol. The Morgan fingerprint density at radius 3 is 2.62 bits per heavy atom. The molecule has 26 heavy (non-hydrogen) atoms. The number of thioether (sulfide) groups is 1. The fourth-order valence-corrected chi connectivity index (χ4v) is 4.32. The molecule has 2 aromatic rings. The van der Waals surface area contributed by atoms with Gasteiger partial charge >= 0.3 is 0 Å². The molecular weight excluding hydrogens is 370 g/mol. The highest BCUT2D eigenvalue weighted by molar-refractivity contribution is 8.03. The molecular formula is C19H16ClN3O2S. The van der Waals surface area contributed by atoms with Crippen molar-refractivity contribution in [1.29, 1.82) is 0 Å². The Bertz CT molecular complexity index is 887. The number of hydrogen-bond donors (Lipinski definition) is 2. The van der Waals surface area contributed by atoms with E-state index >= 15 is 0 Å². The van der Waals surface area contributed by atoms with Gasteiger partial charge in [0, 0.05) is 22.4 Å². The molecule has 2 unspecified atom stereocenters. The topological polar surface area (TPSA) is 61.4 Å². The van der Waals surface area contributed by atoms with E-state index in [4.69, 9.17) is 11.6 Å². The molecule has 0 aromatic heterocycles. The van der Waals surface area contributed by atoms with Crippen LogP contribution in [0.15, 0.2) is 70.5 Å². The van der Waals surface area contributed by atoms with Gasteiger partial charge < -0.3 is 5.32 Å². The highest BCUT2D eigenvalue weighted by Gasteiger charge is 2.47. The van der Waals surface area contributed by atoms with Crippen LogP contribution in [0.1, 0.15) is 11.6 Å². The second kappa shape index (κ2) is 7.15. The Morgan fingerprint density at radius 1 is 1.08 bits per heavy atom. The van der Waals surface area contributed by atoms with Crippen molar-refractivity contribution in [3.05, 3.63) is 71.1 Å². The van der Waals surface area contributed by atoms with Crippen LogP contribution in [0, 0.1) is 0 Å². The van der Waals surface area contributed by atoms with Crippen molar-refractivity contribution in [1.82, 2.24) is 10.4 Å². The molecule has 2 heterocycles. The SMILES string of the molecule is O=C1C=C(CNN2C(=O)C(Cl)C2c2ccccc2)Sc2ccccc2N1. The Morgan fingerprint density at radius 2 is 1.81 bits per heavy atom. The molecule has 2 N–H and O–H groups in total. The summed E-state index contributed by atoms with van der Waals surface area (Å²) in [5, 5.41) is 3.82. The number of anilines is 1. The highest BCUT2D eigenvalue weighted by Crippen LogP contribution is 2.38. The molecule has 132 valence electrons. The number of benzene rings is 2. The summed E-state index contributed by atoms with van der Waals surface area (Å²) in [5.74, 6) is -0.339. The zero-order valence-electron chi connectivity index (χ0n) is 13.7. The van der Waals surface area contributed by atoms with Crippen LogP contribution in [0.3, 0.4) is 0 Å². The summed E-state index contributed by atoms with van der Waals surface area (Å²) < 4.78 is 0. The van der Waals surface area contributed by atoms with Gasteiger partial charge in [-0.25, -0.2) is 5.43 Å². The molecule has 5 nitrogen and oxygen atoms in total. The van der Waals surface area contributed by atoms with Crippen LogP contribution in [-0.4, -0.2) is 28.7 Å². The van der Waals surface area contributed by atoms with Gasteiger partial charge in [-0.15, -0.1) is 11.6 Å². The van der Waals surface area contributed by atoms with Gasteiger partial charge in [-0.05, 0) is 17.7 Å². The molecule has 2 aliphatic rings. The molecule has 2 atom stereocenters. The first-order valence-corrected chi connectivity index (χ1v) is 9.43.